The van der Waals surface area contributed by atoms with E-state index >= 15 is 0 Å². The van der Waals surface area contributed by atoms with Crippen LogP contribution in [0.1, 0.15) is 11.7 Å². The minimum absolute atomic E-state index is 0.214. The van der Waals surface area contributed by atoms with Gasteiger partial charge in [0.25, 0.3) is 5.56 Å². The zero-order valence-corrected chi connectivity index (χ0v) is 10.9. The zero-order chi connectivity index (χ0) is 16.7. The highest BCUT2D eigenvalue weighted by Crippen LogP contribution is 2.31. The summed E-state index contributed by atoms with van der Waals surface area (Å²) in [5, 5.41) is 28.3. The molecule has 0 amide bonds. The number of alkyl halides is 3. The maximum Gasteiger partial charge on any atom is 0.406 e. The van der Waals surface area contributed by atoms with E-state index in [1.165, 1.54) is 0 Å². The summed E-state index contributed by atoms with van der Waals surface area (Å²) in [4.78, 5) is 24.8. The lowest BCUT2D eigenvalue weighted by Crippen LogP contribution is -2.38. The van der Waals surface area contributed by atoms with Crippen LogP contribution in [0.5, 0.6) is 0 Å². The van der Waals surface area contributed by atoms with Crippen molar-refractivity contribution in [2.75, 3.05) is 6.61 Å². The van der Waals surface area contributed by atoms with Crippen LogP contribution in [0.3, 0.4) is 0 Å². The van der Waals surface area contributed by atoms with Crippen LogP contribution in [0.4, 0.5) is 13.2 Å². The lowest BCUT2D eigenvalue weighted by molar-refractivity contribution is -0.141. The summed E-state index contributed by atoms with van der Waals surface area (Å²) in [6.45, 7) is -2.29. The summed E-state index contributed by atoms with van der Waals surface area (Å²) in [6, 6.07) is 0. The van der Waals surface area contributed by atoms with Gasteiger partial charge in [-0.2, -0.15) is 13.2 Å². The van der Waals surface area contributed by atoms with Crippen molar-refractivity contribution in [2.24, 2.45) is 0 Å². The predicted octanol–water partition coefficient (Wildman–Crippen LogP) is -1.75. The molecule has 1 aliphatic heterocycles. The topological polar surface area (TPSA) is 125 Å². The number of hydrogen-bond donors (Lipinski definition) is 4. The first-order valence-electron chi connectivity index (χ1n) is 6.17. The quantitative estimate of drug-likeness (QED) is 0.522. The Morgan fingerprint density at radius 2 is 1.91 bits per heavy atom. The molecule has 1 fully saturated rings. The molecule has 1 aromatic rings. The normalized spacial score (nSPS) is 29.0. The van der Waals surface area contributed by atoms with Crippen LogP contribution in [0.25, 0.3) is 0 Å². The molecule has 22 heavy (non-hydrogen) atoms. The summed E-state index contributed by atoms with van der Waals surface area (Å²) in [6.07, 6.45) is -9.87. The van der Waals surface area contributed by atoms with Crippen LogP contribution in [0.2, 0.25) is 0 Å². The van der Waals surface area contributed by atoms with E-state index < -0.39 is 60.6 Å². The Morgan fingerprint density at radius 1 is 1.27 bits per heavy atom. The maximum absolute atomic E-state index is 12.4. The van der Waals surface area contributed by atoms with E-state index in [1.807, 2.05) is 0 Å². The van der Waals surface area contributed by atoms with Crippen LogP contribution in [-0.4, -0.2) is 56.0 Å². The van der Waals surface area contributed by atoms with Gasteiger partial charge in [0.05, 0.1) is 12.2 Å². The van der Waals surface area contributed by atoms with Gasteiger partial charge in [-0.05, 0) is 0 Å². The largest absolute Gasteiger partial charge is 0.406 e. The van der Waals surface area contributed by atoms with E-state index in [4.69, 9.17) is 9.84 Å². The van der Waals surface area contributed by atoms with Crippen molar-refractivity contribution < 1.29 is 33.2 Å². The molecule has 0 aliphatic carbocycles. The first-order chi connectivity index (χ1) is 10.1. The smallest absolute Gasteiger partial charge is 0.394 e. The molecule has 0 saturated carbocycles. The SMILES string of the molecule is O=c1[nH]c(=O)n(CC(F)(F)F)cc1[C@@H]1O[C@H](CO)[C@H](O)C1O. The van der Waals surface area contributed by atoms with Crippen molar-refractivity contribution in [3.8, 4) is 0 Å². The van der Waals surface area contributed by atoms with Crippen molar-refractivity contribution in [1.82, 2.24) is 9.55 Å². The molecule has 4 N–H and O–H groups in total. The number of aromatic nitrogens is 2. The molecule has 0 aromatic carbocycles. The lowest BCUT2D eigenvalue weighted by atomic mass is 10.0. The molecule has 124 valence electrons. The number of aromatic amines is 1. The van der Waals surface area contributed by atoms with Crippen molar-refractivity contribution in [2.45, 2.75) is 37.1 Å². The van der Waals surface area contributed by atoms with Crippen LogP contribution < -0.4 is 11.2 Å². The molecule has 1 aliphatic rings. The lowest BCUT2D eigenvalue weighted by Gasteiger charge is -2.16. The third-order valence-corrected chi connectivity index (χ3v) is 3.24. The number of hydrogen-bond acceptors (Lipinski definition) is 6. The number of ether oxygens (including phenoxy) is 1. The molecule has 4 atom stereocenters. The van der Waals surface area contributed by atoms with Gasteiger partial charge in [0, 0.05) is 6.20 Å². The minimum atomic E-state index is -4.69. The van der Waals surface area contributed by atoms with Gasteiger partial charge in [-0.1, -0.05) is 0 Å². The molecular formula is C11H13F3N2O6. The fourth-order valence-corrected chi connectivity index (χ4v) is 2.20. The van der Waals surface area contributed by atoms with E-state index in [-0.39, 0.29) is 4.57 Å². The van der Waals surface area contributed by atoms with Gasteiger partial charge in [0.1, 0.15) is 31.0 Å². The molecule has 11 heteroatoms. The van der Waals surface area contributed by atoms with Crippen LogP contribution in [-0.2, 0) is 11.3 Å². The average Bonchev–Trinajstić information content (AvgIpc) is 2.68. The highest BCUT2D eigenvalue weighted by Gasteiger charge is 2.44. The number of nitrogens with zero attached hydrogens (tertiary/aromatic N) is 1. The number of aliphatic hydroxyl groups excluding tert-OH is 3. The van der Waals surface area contributed by atoms with Crippen molar-refractivity contribution in [3.05, 3.63) is 32.6 Å². The zero-order valence-electron chi connectivity index (χ0n) is 10.9. The van der Waals surface area contributed by atoms with Crippen molar-refractivity contribution in [3.63, 3.8) is 0 Å². The Bertz CT molecular complexity index is 654. The number of halogens is 3. The second-order valence-electron chi connectivity index (χ2n) is 4.85. The molecule has 0 bridgehead atoms. The van der Waals surface area contributed by atoms with Gasteiger partial charge in [-0.25, -0.2) is 4.79 Å². The van der Waals surface area contributed by atoms with Crippen LogP contribution in [0.15, 0.2) is 15.8 Å². The summed E-state index contributed by atoms with van der Waals surface area (Å²) >= 11 is 0. The molecule has 2 heterocycles. The summed E-state index contributed by atoms with van der Waals surface area (Å²) in [7, 11) is 0. The fraction of sp³-hybridized carbons (Fsp3) is 0.636. The third-order valence-electron chi connectivity index (χ3n) is 3.24. The molecule has 1 aromatic heterocycles. The fourth-order valence-electron chi connectivity index (χ4n) is 2.20. The third kappa shape index (κ3) is 3.21. The highest BCUT2D eigenvalue weighted by atomic mass is 19.4. The second kappa shape index (κ2) is 5.83. The van der Waals surface area contributed by atoms with Gasteiger partial charge < -0.3 is 20.1 Å². The van der Waals surface area contributed by atoms with E-state index in [1.54, 1.807) is 4.98 Å². The van der Waals surface area contributed by atoms with E-state index in [9.17, 15) is 33.0 Å². The first kappa shape index (κ1) is 16.7. The Balaban J connectivity index is 2.42. The summed E-state index contributed by atoms with van der Waals surface area (Å²) in [5.74, 6) is 0. The number of rotatable bonds is 3. The molecule has 2 rings (SSSR count). The van der Waals surface area contributed by atoms with E-state index in [0.717, 1.165) is 0 Å². The number of H-pyrrole nitrogens is 1. The van der Waals surface area contributed by atoms with Gasteiger partial charge >= 0.3 is 11.9 Å². The van der Waals surface area contributed by atoms with Crippen LogP contribution >= 0.6 is 0 Å². The molecular weight excluding hydrogens is 313 g/mol. The second-order valence-corrected chi connectivity index (χ2v) is 4.85. The molecule has 8 nitrogen and oxygen atoms in total. The highest BCUT2D eigenvalue weighted by molar-refractivity contribution is 5.14. The van der Waals surface area contributed by atoms with Crippen molar-refractivity contribution in [1.29, 1.82) is 0 Å². The number of aliphatic hydroxyl groups is 3. The molecule has 0 radical (unpaired) electrons. The monoisotopic (exact) mass is 326 g/mol. The van der Waals surface area contributed by atoms with E-state index in [2.05, 4.69) is 0 Å². The van der Waals surface area contributed by atoms with Gasteiger partial charge in [-0.15, -0.1) is 0 Å². The van der Waals surface area contributed by atoms with Gasteiger partial charge in [0.2, 0.25) is 0 Å². The number of nitrogens with one attached hydrogen (secondary N) is 1. The summed E-state index contributed by atoms with van der Waals surface area (Å²) < 4.78 is 42.4. The minimum Gasteiger partial charge on any atom is -0.394 e. The standard InChI is InChI=1S/C11H13F3N2O6/c12-11(13,14)3-16-1-4(9(20)15-10(16)21)8-7(19)6(18)5(2-17)22-8/h1,5-8,17-19H,2-3H2,(H,15,20,21)/t5-,6+,7?,8+/m1/s1. The van der Waals surface area contributed by atoms with Crippen LogP contribution in [0, 0.1) is 0 Å². The van der Waals surface area contributed by atoms with Gasteiger partial charge in [-0.3, -0.25) is 14.3 Å². The average molecular weight is 326 g/mol. The maximum atomic E-state index is 12.4. The summed E-state index contributed by atoms with van der Waals surface area (Å²) in [5.41, 5.74) is -2.76. The Kier molecular flexibility index (Phi) is 4.42. The Labute approximate surface area is 120 Å². The van der Waals surface area contributed by atoms with Gasteiger partial charge in [0.15, 0.2) is 0 Å². The molecule has 1 unspecified atom stereocenters. The molecule has 0 spiro atoms. The van der Waals surface area contributed by atoms with Crippen molar-refractivity contribution >= 4 is 0 Å². The Hall–Kier alpha value is -1.69. The predicted molar refractivity (Wildman–Crippen MR) is 64.1 cm³/mol. The van der Waals surface area contributed by atoms with E-state index in [0.29, 0.717) is 6.20 Å². The Morgan fingerprint density at radius 3 is 2.41 bits per heavy atom. The first-order valence-corrected chi connectivity index (χ1v) is 6.17. The molecule has 1 saturated heterocycles.